The van der Waals surface area contributed by atoms with Crippen LogP contribution in [0.2, 0.25) is 4.34 Å². The van der Waals surface area contributed by atoms with Crippen LogP contribution in [0.25, 0.3) is 0 Å². The van der Waals surface area contributed by atoms with Crippen LogP contribution in [-0.4, -0.2) is 61.4 Å². The molecule has 0 spiro atoms. The van der Waals surface area contributed by atoms with E-state index in [1.807, 2.05) is 0 Å². The van der Waals surface area contributed by atoms with Crippen LogP contribution in [0.1, 0.15) is 12.8 Å². The number of likely N-dealkylation sites (tertiary alicyclic amines) is 1. The molecule has 1 fully saturated rings. The standard InChI is InChI=1S/C12H17ClN2O4S2/c1-14(21(18,19)12-5-4-10(13)20-12)8-11(17)15-6-2-3-9(16)7-15/h4-5,9,16H,2-3,6-8H2,1H3. The van der Waals surface area contributed by atoms with E-state index < -0.39 is 16.1 Å². The predicted molar refractivity (Wildman–Crippen MR) is 81.0 cm³/mol. The summed E-state index contributed by atoms with van der Waals surface area (Å²) < 4.78 is 26.1. The topological polar surface area (TPSA) is 77.9 Å². The maximum atomic E-state index is 12.3. The van der Waals surface area contributed by atoms with Crippen LogP contribution in [0, 0.1) is 0 Å². The molecule has 0 aromatic carbocycles. The van der Waals surface area contributed by atoms with E-state index in [9.17, 15) is 18.3 Å². The summed E-state index contributed by atoms with van der Waals surface area (Å²) in [5, 5.41) is 9.56. The zero-order chi connectivity index (χ0) is 15.6. The number of aliphatic hydroxyl groups is 1. The quantitative estimate of drug-likeness (QED) is 0.877. The number of rotatable bonds is 4. The molecule has 21 heavy (non-hydrogen) atoms. The fourth-order valence-corrected chi connectivity index (χ4v) is 4.96. The highest BCUT2D eigenvalue weighted by molar-refractivity contribution is 7.91. The Morgan fingerprint density at radius 3 is 2.86 bits per heavy atom. The summed E-state index contributed by atoms with van der Waals surface area (Å²) in [5.41, 5.74) is 0. The lowest BCUT2D eigenvalue weighted by Crippen LogP contribution is -2.46. The van der Waals surface area contributed by atoms with Crippen molar-refractivity contribution < 1.29 is 18.3 Å². The molecular formula is C12H17ClN2O4S2. The number of sulfonamides is 1. The Morgan fingerprint density at radius 2 is 2.29 bits per heavy atom. The number of β-amino-alcohol motifs (C(OH)–C–C–N with tert-alkyl or cyclic N) is 1. The van der Waals surface area contributed by atoms with Crippen LogP contribution < -0.4 is 0 Å². The maximum Gasteiger partial charge on any atom is 0.252 e. The lowest BCUT2D eigenvalue weighted by molar-refractivity contribution is -0.134. The minimum Gasteiger partial charge on any atom is -0.391 e. The number of halogens is 1. The van der Waals surface area contributed by atoms with E-state index in [0.717, 1.165) is 22.1 Å². The average Bonchev–Trinajstić information content (AvgIpc) is 2.86. The van der Waals surface area contributed by atoms with Gasteiger partial charge < -0.3 is 10.0 Å². The average molecular weight is 353 g/mol. The number of hydrogen-bond acceptors (Lipinski definition) is 5. The summed E-state index contributed by atoms with van der Waals surface area (Å²) in [6, 6.07) is 2.93. The molecule has 0 saturated carbocycles. The molecule has 1 aromatic rings. The van der Waals surface area contributed by atoms with Crippen molar-refractivity contribution in [1.29, 1.82) is 0 Å². The minimum atomic E-state index is -3.71. The van der Waals surface area contributed by atoms with Crippen molar-refractivity contribution in [2.75, 3.05) is 26.7 Å². The number of piperidine rings is 1. The van der Waals surface area contributed by atoms with Gasteiger partial charge in [-0.05, 0) is 25.0 Å². The first-order valence-electron chi connectivity index (χ1n) is 6.48. The van der Waals surface area contributed by atoms with Crippen molar-refractivity contribution in [2.24, 2.45) is 0 Å². The molecule has 6 nitrogen and oxygen atoms in total. The molecule has 1 aliphatic rings. The first-order chi connectivity index (χ1) is 9.80. The van der Waals surface area contributed by atoms with Gasteiger partial charge in [0.25, 0.3) is 10.0 Å². The molecule has 1 atom stereocenters. The van der Waals surface area contributed by atoms with E-state index in [1.54, 1.807) is 0 Å². The Labute approximate surface area is 133 Å². The molecule has 1 aliphatic heterocycles. The number of carbonyl (C=O) groups excluding carboxylic acids is 1. The van der Waals surface area contributed by atoms with Gasteiger partial charge in [0.15, 0.2) is 0 Å². The zero-order valence-corrected chi connectivity index (χ0v) is 13.9. The molecule has 9 heteroatoms. The molecule has 2 rings (SSSR count). The summed E-state index contributed by atoms with van der Waals surface area (Å²) in [5.74, 6) is -0.303. The maximum absolute atomic E-state index is 12.3. The van der Waals surface area contributed by atoms with Gasteiger partial charge >= 0.3 is 0 Å². The SMILES string of the molecule is CN(CC(=O)N1CCCC(O)C1)S(=O)(=O)c1ccc(Cl)s1. The minimum absolute atomic E-state index is 0.112. The van der Waals surface area contributed by atoms with E-state index in [0.29, 0.717) is 17.3 Å². The number of likely N-dealkylation sites (N-methyl/N-ethyl adjacent to an activating group) is 1. The number of aliphatic hydroxyl groups excluding tert-OH is 1. The lowest BCUT2D eigenvalue weighted by atomic mass is 10.1. The summed E-state index contributed by atoms with van der Waals surface area (Å²) in [6.45, 7) is 0.566. The second-order valence-electron chi connectivity index (χ2n) is 4.96. The van der Waals surface area contributed by atoms with Gasteiger partial charge in [0, 0.05) is 20.1 Å². The highest BCUT2D eigenvalue weighted by Crippen LogP contribution is 2.27. The van der Waals surface area contributed by atoms with Crippen LogP contribution in [0.5, 0.6) is 0 Å². The van der Waals surface area contributed by atoms with Crippen molar-refractivity contribution in [2.45, 2.75) is 23.2 Å². The number of thiophene rings is 1. The fraction of sp³-hybridized carbons (Fsp3) is 0.583. The van der Waals surface area contributed by atoms with Crippen molar-refractivity contribution in [3.63, 3.8) is 0 Å². The van der Waals surface area contributed by atoms with Gasteiger partial charge in [-0.25, -0.2) is 8.42 Å². The van der Waals surface area contributed by atoms with E-state index in [4.69, 9.17) is 11.6 Å². The van der Waals surface area contributed by atoms with Gasteiger partial charge in [-0.3, -0.25) is 4.79 Å². The highest BCUT2D eigenvalue weighted by Gasteiger charge is 2.28. The summed E-state index contributed by atoms with van der Waals surface area (Å²) in [7, 11) is -2.35. The monoisotopic (exact) mass is 352 g/mol. The van der Waals surface area contributed by atoms with E-state index in [-0.39, 0.29) is 23.2 Å². The first kappa shape index (κ1) is 16.7. The fourth-order valence-electron chi connectivity index (χ4n) is 2.15. The molecule has 2 heterocycles. The van der Waals surface area contributed by atoms with Crippen molar-refractivity contribution in [1.82, 2.24) is 9.21 Å². The number of nitrogens with zero attached hydrogens (tertiary/aromatic N) is 2. The molecule has 1 amide bonds. The molecule has 1 saturated heterocycles. The Balaban J connectivity index is 2.03. The van der Waals surface area contributed by atoms with Gasteiger partial charge in [0.05, 0.1) is 17.0 Å². The lowest BCUT2D eigenvalue weighted by Gasteiger charge is -2.31. The second-order valence-corrected chi connectivity index (χ2v) is 8.94. The smallest absolute Gasteiger partial charge is 0.252 e. The number of amides is 1. The van der Waals surface area contributed by atoms with Gasteiger partial charge in [-0.15, -0.1) is 11.3 Å². The predicted octanol–water partition coefficient (Wildman–Crippen LogP) is 1.01. The van der Waals surface area contributed by atoms with Gasteiger partial charge in [-0.1, -0.05) is 11.6 Å². The molecule has 0 aliphatic carbocycles. The van der Waals surface area contributed by atoms with Crippen LogP contribution >= 0.6 is 22.9 Å². The molecule has 1 N–H and O–H groups in total. The largest absolute Gasteiger partial charge is 0.391 e. The second kappa shape index (κ2) is 6.62. The van der Waals surface area contributed by atoms with Crippen LogP contribution in [-0.2, 0) is 14.8 Å². The number of carbonyl (C=O) groups is 1. The molecule has 1 unspecified atom stereocenters. The van der Waals surface area contributed by atoms with Crippen molar-refractivity contribution >= 4 is 38.9 Å². The van der Waals surface area contributed by atoms with Crippen molar-refractivity contribution in [3.8, 4) is 0 Å². The van der Waals surface area contributed by atoms with Crippen LogP contribution in [0.15, 0.2) is 16.3 Å². The third-order valence-corrected chi connectivity index (χ3v) is 6.82. The van der Waals surface area contributed by atoms with Crippen molar-refractivity contribution in [3.05, 3.63) is 16.5 Å². The van der Waals surface area contributed by atoms with E-state index in [2.05, 4.69) is 0 Å². The summed E-state index contributed by atoms with van der Waals surface area (Å²) in [4.78, 5) is 13.6. The van der Waals surface area contributed by atoms with Crippen LogP contribution in [0.4, 0.5) is 0 Å². The molecule has 1 aromatic heterocycles. The van der Waals surface area contributed by atoms with Gasteiger partial charge in [0.1, 0.15) is 4.21 Å². The van der Waals surface area contributed by atoms with Gasteiger partial charge in [-0.2, -0.15) is 4.31 Å². The third-order valence-electron chi connectivity index (χ3n) is 3.32. The Kier molecular flexibility index (Phi) is 5.26. The Morgan fingerprint density at radius 1 is 1.57 bits per heavy atom. The third kappa shape index (κ3) is 3.95. The number of hydrogen-bond donors (Lipinski definition) is 1. The normalized spacial score (nSPS) is 20.0. The van der Waals surface area contributed by atoms with E-state index in [1.165, 1.54) is 24.1 Å². The van der Waals surface area contributed by atoms with Gasteiger partial charge in [0.2, 0.25) is 5.91 Å². The van der Waals surface area contributed by atoms with Crippen LogP contribution in [0.3, 0.4) is 0 Å². The molecular weight excluding hydrogens is 336 g/mol. The molecule has 118 valence electrons. The first-order valence-corrected chi connectivity index (χ1v) is 9.11. The zero-order valence-electron chi connectivity index (χ0n) is 11.5. The highest BCUT2D eigenvalue weighted by atomic mass is 35.5. The summed E-state index contributed by atoms with van der Waals surface area (Å²) in [6.07, 6.45) is 0.871. The Hall–Kier alpha value is -0.670. The van der Waals surface area contributed by atoms with E-state index >= 15 is 0 Å². The molecule has 0 bridgehead atoms. The Bertz CT molecular complexity index is 617. The molecule has 0 radical (unpaired) electrons. The summed E-state index contributed by atoms with van der Waals surface area (Å²) >= 11 is 6.70.